The summed E-state index contributed by atoms with van der Waals surface area (Å²) in [5, 5.41) is 0.113. The van der Waals surface area contributed by atoms with Gasteiger partial charge in [0, 0.05) is 19.8 Å². The van der Waals surface area contributed by atoms with Gasteiger partial charge in [0.1, 0.15) is 12.2 Å². The Balaban J connectivity index is 1.80. The topological polar surface area (TPSA) is 48.1 Å². The van der Waals surface area contributed by atoms with E-state index in [1.807, 2.05) is 0 Å². The molecule has 0 radical (unpaired) electrons. The largest absolute Gasteiger partial charge is 0.361 e. The Bertz CT molecular complexity index is 220. The lowest BCUT2D eigenvalue weighted by Crippen LogP contribution is -2.23. The second kappa shape index (κ2) is 3.57. The summed E-state index contributed by atoms with van der Waals surface area (Å²) in [5.41, 5.74) is 0. The van der Waals surface area contributed by atoms with Crippen LogP contribution in [0.2, 0.25) is 0 Å². The molecule has 0 N–H and O–H groups in total. The maximum Gasteiger partial charge on any atom is 0.186 e. The van der Waals surface area contributed by atoms with E-state index in [4.69, 9.17) is 14.2 Å². The predicted octanol–water partition coefficient (Wildman–Crippen LogP) is 0.405. The summed E-state index contributed by atoms with van der Waals surface area (Å²) in [6.45, 7) is 1.55. The van der Waals surface area contributed by atoms with E-state index in [-0.39, 0.29) is 29.7 Å². The van der Waals surface area contributed by atoms with Crippen LogP contribution in [0.1, 0.15) is 6.92 Å². The lowest BCUT2D eigenvalue weighted by molar-refractivity contribution is -0.152. The van der Waals surface area contributed by atoms with E-state index >= 15 is 0 Å². The van der Waals surface area contributed by atoms with Crippen molar-refractivity contribution >= 4 is 16.9 Å². The molecule has 0 unspecified atom stereocenters. The second-order valence-corrected chi connectivity index (χ2v) is 4.34. The Morgan fingerprint density at radius 1 is 1.46 bits per heavy atom. The zero-order valence-electron chi connectivity index (χ0n) is 7.56. The zero-order chi connectivity index (χ0) is 9.42. The van der Waals surface area contributed by atoms with Gasteiger partial charge in [-0.05, 0) is 0 Å². The maximum absolute atomic E-state index is 10.7. The molecule has 0 aromatic rings. The molecule has 0 aromatic heterocycles. The van der Waals surface area contributed by atoms with Crippen LogP contribution in [0.4, 0.5) is 0 Å². The normalized spacial score (nSPS) is 41.7. The fraction of sp³-hybridized carbons (Fsp3) is 0.875. The third-order valence-corrected chi connectivity index (χ3v) is 3.09. The van der Waals surface area contributed by atoms with Gasteiger partial charge in [-0.25, -0.2) is 0 Å². The van der Waals surface area contributed by atoms with Crippen LogP contribution in [-0.4, -0.2) is 42.6 Å². The Kier molecular flexibility index (Phi) is 2.60. The number of carbonyl (C=O) groups is 1. The second-order valence-electron chi connectivity index (χ2n) is 3.15. The molecule has 2 aliphatic rings. The highest BCUT2D eigenvalue weighted by Crippen LogP contribution is 2.40. The molecule has 0 spiro atoms. The van der Waals surface area contributed by atoms with E-state index < -0.39 is 0 Å². The molecular weight excluding hydrogens is 192 g/mol. The Hall–Kier alpha value is -0.100. The summed E-state index contributed by atoms with van der Waals surface area (Å²) in [6, 6.07) is 0. The Labute approximate surface area is 80.9 Å². The fourth-order valence-electron chi connectivity index (χ4n) is 1.50. The zero-order valence-corrected chi connectivity index (χ0v) is 8.37. The first-order valence-electron chi connectivity index (χ1n) is 4.19. The van der Waals surface area contributed by atoms with E-state index in [1.165, 1.54) is 11.8 Å². The van der Waals surface area contributed by atoms with Gasteiger partial charge in [-0.15, -0.1) is 0 Å². The quantitative estimate of drug-likeness (QED) is 0.623. The number of carbonyl (C=O) groups excluding carboxylic acids is 1. The van der Waals surface area contributed by atoms with E-state index in [1.54, 1.807) is 14.0 Å². The van der Waals surface area contributed by atoms with E-state index in [2.05, 4.69) is 0 Å². The van der Waals surface area contributed by atoms with Crippen molar-refractivity contribution in [3.05, 3.63) is 0 Å². The summed E-state index contributed by atoms with van der Waals surface area (Å²) in [5.74, 6) is 0.663. The molecule has 5 heteroatoms. The summed E-state index contributed by atoms with van der Waals surface area (Å²) in [4.78, 5) is 10.7. The number of thioether (sulfide) groups is 1. The number of epoxide rings is 1. The molecule has 2 heterocycles. The molecule has 0 saturated carbocycles. The summed E-state index contributed by atoms with van der Waals surface area (Å²) in [6.07, 6.45) is 0.0331. The van der Waals surface area contributed by atoms with Crippen molar-refractivity contribution in [2.45, 2.75) is 31.5 Å². The van der Waals surface area contributed by atoms with Crippen LogP contribution in [0.25, 0.3) is 0 Å². The van der Waals surface area contributed by atoms with E-state index in [0.29, 0.717) is 5.75 Å². The van der Waals surface area contributed by atoms with Crippen molar-refractivity contribution in [1.82, 2.24) is 0 Å². The van der Waals surface area contributed by atoms with Crippen molar-refractivity contribution in [1.29, 1.82) is 0 Å². The third kappa shape index (κ3) is 1.88. The third-order valence-electron chi connectivity index (χ3n) is 2.19. The average molecular weight is 204 g/mol. The molecule has 74 valence electrons. The fourth-order valence-corrected chi connectivity index (χ4v) is 2.17. The molecular formula is C8H12O4S. The minimum atomic E-state index is -0.234. The first-order chi connectivity index (χ1) is 6.22. The average Bonchev–Trinajstić information content (AvgIpc) is 2.80. The van der Waals surface area contributed by atoms with E-state index in [9.17, 15) is 4.79 Å². The van der Waals surface area contributed by atoms with Crippen LogP contribution >= 0.6 is 11.8 Å². The van der Waals surface area contributed by atoms with Crippen molar-refractivity contribution in [2.24, 2.45) is 0 Å². The summed E-state index contributed by atoms with van der Waals surface area (Å²) >= 11 is 1.27. The van der Waals surface area contributed by atoms with E-state index in [0.717, 1.165) is 0 Å². The highest BCUT2D eigenvalue weighted by atomic mass is 32.2. The smallest absolute Gasteiger partial charge is 0.186 e. The first kappa shape index (κ1) is 9.45. The molecule has 0 amide bonds. The molecule has 4 atom stereocenters. The van der Waals surface area contributed by atoms with Gasteiger partial charge in [0.2, 0.25) is 0 Å². The number of ether oxygens (including phenoxy) is 3. The first-order valence-corrected chi connectivity index (χ1v) is 5.18. The summed E-state index contributed by atoms with van der Waals surface area (Å²) < 4.78 is 15.9. The number of hydrogen-bond acceptors (Lipinski definition) is 5. The van der Waals surface area contributed by atoms with Crippen LogP contribution in [0.15, 0.2) is 0 Å². The number of rotatable bonds is 3. The van der Waals surface area contributed by atoms with Crippen molar-refractivity contribution in [2.75, 3.05) is 12.9 Å². The van der Waals surface area contributed by atoms with Gasteiger partial charge >= 0.3 is 0 Å². The minimum Gasteiger partial charge on any atom is -0.361 e. The van der Waals surface area contributed by atoms with Crippen LogP contribution in [-0.2, 0) is 19.0 Å². The molecule has 2 saturated heterocycles. The lowest BCUT2D eigenvalue weighted by Gasteiger charge is -2.14. The number of hydrogen-bond donors (Lipinski definition) is 0. The van der Waals surface area contributed by atoms with Crippen molar-refractivity contribution in [3.63, 3.8) is 0 Å². The van der Waals surface area contributed by atoms with Gasteiger partial charge in [0.25, 0.3) is 0 Å². The minimum absolute atomic E-state index is 0.0175. The van der Waals surface area contributed by atoms with Gasteiger partial charge in [-0.3, -0.25) is 4.79 Å². The molecule has 0 aliphatic carbocycles. The number of methoxy groups -OCH3 is 1. The highest BCUT2D eigenvalue weighted by molar-refractivity contribution is 8.13. The molecule has 2 rings (SSSR count). The lowest BCUT2D eigenvalue weighted by atomic mass is 10.2. The SMILES string of the molecule is CO[C@@H]1O[C@H](CSC(C)=O)[C@H]2O[C@@H]12. The Morgan fingerprint density at radius 3 is 2.77 bits per heavy atom. The van der Waals surface area contributed by atoms with Gasteiger partial charge in [-0.1, -0.05) is 11.8 Å². The van der Waals surface area contributed by atoms with Crippen LogP contribution < -0.4 is 0 Å². The molecule has 0 bridgehead atoms. The highest BCUT2D eigenvalue weighted by Gasteiger charge is 2.58. The monoisotopic (exact) mass is 204 g/mol. The van der Waals surface area contributed by atoms with Gasteiger partial charge in [0.05, 0.1) is 6.10 Å². The predicted molar refractivity (Wildman–Crippen MR) is 47.5 cm³/mol. The van der Waals surface area contributed by atoms with Crippen LogP contribution in [0, 0.1) is 0 Å². The van der Waals surface area contributed by atoms with Crippen molar-refractivity contribution in [3.8, 4) is 0 Å². The van der Waals surface area contributed by atoms with Crippen molar-refractivity contribution < 1.29 is 19.0 Å². The molecule has 2 aliphatic heterocycles. The maximum atomic E-state index is 10.7. The molecule has 13 heavy (non-hydrogen) atoms. The summed E-state index contributed by atoms with van der Waals surface area (Å²) in [7, 11) is 1.60. The molecule has 0 aromatic carbocycles. The Morgan fingerprint density at radius 2 is 2.23 bits per heavy atom. The molecule has 4 nitrogen and oxygen atoms in total. The van der Waals surface area contributed by atoms with Crippen LogP contribution in [0.3, 0.4) is 0 Å². The van der Waals surface area contributed by atoms with Gasteiger partial charge < -0.3 is 14.2 Å². The molecule has 2 fully saturated rings. The standard InChI is InChI=1S/C8H12O4S/c1-4(9)13-3-5-6-7(12-6)8(10-2)11-5/h5-8H,3H2,1-2H3/t5-,6-,7-,8-/m1/s1. The van der Waals surface area contributed by atoms with Gasteiger partial charge in [0.15, 0.2) is 11.4 Å². The number of fused-ring (bicyclic) bond motifs is 1. The van der Waals surface area contributed by atoms with Gasteiger partial charge in [-0.2, -0.15) is 0 Å². The van der Waals surface area contributed by atoms with Crippen LogP contribution in [0.5, 0.6) is 0 Å².